The molecule has 0 saturated heterocycles. The Bertz CT molecular complexity index is 420. The second kappa shape index (κ2) is 5.46. The number of carbonyl (C=O) groups is 1. The summed E-state index contributed by atoms with van der Waals surface area (Å²) in [6.45, 7) is 2.50. The number of carbonyl (C=O) groups excluding carboxylic acids is 1. The van der Waals surface area contributed by atoms with Gasteiger partial charge in [-0.15, -0.1) is 0 Å². The smallest absolute Gasteiger partial charge is 0.251 e. The second-order valence-electron chi connectivity index (χ2n) is 4.40. The highest BCUT2D eigenvalue weighted by molar-refractivity contribution is 5.94. The number of hydrogen-bond donors (Lipinski definition) is 2. The first-order valence-electron chi connectivity index (χ1n) is 6.05. The van der Waals surface area contributed by atoms with Gasteiger partial charge in [0.25, 0.3) is 5.91 Å². The predicted molar refractivity (Wildman–Crippen MR) is 65.7 cm³/mol. The number of halogens is 1. The average Bonchev–Trinajstić information content (AvgIpc) is 2.36. The van der Waals surface area contributed by atoms with Crippen LogP contribution in [0.4, 0.5) is 4.39 Å². The largest absolute Gasteiger partial charge is 0.376 e. The zero-order chi connectivity index (χ0) is 13.1. The third-order valence-electron chi connectivity index (χ3n) is 3.15. The highest BCUT2D eigenvalue weighted by Gasteiger charge is 2.40. The van der Waals surface area contributed by atoms with Gasteiger partial charge >= 0.3 is 0 Å². The Morgan fingerprint density at radius 2 is 2.17 bits per heavy atom. The third kappa shape index (κ3) is 2.68. The van der Waals surface area contributed by atoms with Crippen molar-refractivity contribution in [1.82, 2.24) is 5.32 Å². The molecule has 1 amide bonds. The molecular formula is C13H17FN2O2. The molecular weight excluding hydrogens is 235 g/mol. The summed E-state index contributed by atoms with van der Waals surface area (Å²) in [5.41, 5.74) is 6.26. The van der Waals surface area contributed by atoms with E-state index in [1.807, 2.05) is 6.92 Å². The highest BCUT2D eigenvalue weighted by Crippen LogP contribution is 2.22. The van der Waals surface area contributed by atoms with E-state index in [2.05, 4.69) is 5.32 Å². The van der Waals surface area contributed by atoms with Crippen molar-refractivity contribution in [1.29, 1.82) is 0 Å². The van der Waals surface area contributed by atoms with Crippen LogP contribution in [0.3, 0.4) is 0 Å². The van der Waals surface area contributed by atoms with Gasteiger partial charge in [0.15, 0.2) is 0 Å². The fraction of sp³-hybridized carbons (Fsp3) is 0.462. The molecule has 3 atom stereocenters. The summed E-state index contributed by atoms with van der Waals surface area (Å²) in [5, 5.41) is 2.83. The van der Waals surface area contributed by atoms with Crippen LogP contribution in [0.25, 0.3) is 0 Å². The van der Waals surface area contributed by atoms with Gasteiger partial charge in [-0.05, 0) is 37.6 Å². The standard InChI is InChI=1S/C13H17FN2O2/c1-2-18-11-7-10(15)12(11)16-13(17)8-3-5-9(14)6-4-8/h3-6,10-12H,2,7,15H2,1H3,(H,16,17). The molecule has 1 aliphatic rings. The molecule has 0 spiro atoms. The minimum Gasteiger partial charge on any atom is -0.376 e. The lowest BCUT2D eigenvalue weighted by atomic mass is 9.83. The molecule has 1 aromatic rings. The molecule has 0 radical (unpaired) electrons. The first-order valence-corrected chi connectivity index (χ1v) is 6.05. The van der Waals surface area contributed by atoms with Crippen molar-refractivity contribution < 1.29 is 13.9 Å². The van der Waals surface area contributed by atoms with E-state index >= 15 is 0 Å². The maximum Gasteiger partial charge on any atom is 0.251 e. The Kier molecular flexibility index (Phi) is 3.93. The zero-order valence-corrected chi connectivity index (χ0v) is 10.2. The van der Waals surface area contributed by atoms with E-state index in [-0.39, 0.29) is 29.9 Å². The summed E-state index contributed by atoms with van der Waals surface area (Å²) in [7, 11) is 0. The van der Waals surface area contributed by atoms with Gasteiger partial charge in [-0.3, -0.25) is 4.79 Å². The molecule has 0 aromatic heterocycles. The molecule has 3 unspecified atom stereocenters. The van der Waals surface area contributed by atoms with Crippen molar-refractivity contribution in [2.75, 3.05) is 6.61 Å². The molecule has 2 rings (SSSR count). The van der Waals surface area contributed by atoms with Crippen LogP contribution < -0.4 is 11.1 Å². The topological polar surface area (TPSA) is 64.3 Å². The van der Waals surface area contributed by atoms with E-state index in [9.17, 15) is 9.18 Å². The van der Waals surface area contributed by atoms with Gasteiger partial charge in [0, 0.05) is 18.2 Å². The minimum atomic E-state index is -0.362. The van der Waals surface area contributed by atoms with Crippen LogP contribution in [0.5, 0.6) is 0 Å². The van der Waals surface area contributed by atoms with Crippen molar-refractivity contribution in [2.24, 2.45) is 5.73 Å². The van der Waals surface area contributed by atoms with Crippen molar-refractivity contribution in [2.45, 2.75) is 31.5 Å². The molecule has 0 aliphatic heterocycles. The molecule has 5 heteroatoms. The number of ether oxygens (including phenoxy) is 1. The molecule has 4 nitrogen and oxygen atoms in total. The number of hydrogen-bond acceptors (Lipinski definition) is 3. The summed E-state index contributed by atoms with van der Waals surface area (Å²) in [6.07, 6.45) is 0.733. The van der Waals surface area contributed by atoms with Crippen LogP contribution in [0.2, 0.25) is 0 Å². The lowest BCUT2D eigenvalue weighted by Gasteiger charge is -2.42. The Labute approximate surface area is 105 Å². The molecule has 0 bridgehead atoms. The van der Waals surface area contributed by atoms with E-state index in [4.69, 9.17) is 10.5 Å². The Morgan fingerprint density at radius 1 is 1.50 bits per heavy atom. The Hall–Kier alpha value is -1.46. The van der Waals surface area contributed by atoms with Gasteiger partial charge in [-0.1, -0.05) is 0 Å². The van der Waals surface area contributed by atoms with Gasteiger partial charge in [-0.2, -0.15) is 0 Å². The molecule has 1 fully saturated rings. The average molecular weight is 252 g/mol. The van der Waals surface area contributed by atoms with Crippen LogP contribution >= 0.6 is 0 Å². The third-order valence-corrected chi connectivity index (χ3v) is 3.15. The quantitative estimate of drug-likeness (QED) is 0.842. The van der Waals surface area contributed by atoms with Crippen LogP contribution in [-0.4, -0.2) is 30.7 Å². The van der Waals surface area contributed by atoms with E-state index in [1.54, 1.807) is 0 Å². The molecule has 98 valence electrons. The molecule has 18 heavy (non-hydrogen) atoms. The first-order chi connectivity index (χ1) is 8.61. The zero-order valence-electron chi connectivity index (χ0n) is 10.2. The lowest BCUT2D eigenvalue weighted by molar-refractivity contribution is -0.0300. The van der Waals surface area contributed by atoms with Crippen molar-refractivity contribution >= 4 is 5.91 Å². The van der Waals surface area contributed by atoms with Gasteiger partial charge in [0.1, 0.15) is 5.82 Å². The van der Waals surface area contributed by atoms with Crippen molar-refractivity contribution in [3.8, 4) is 0 Å². The molecule has 1 aromatic carbocycles. The van der Waals surface area contributed by atoms with E-state index in [1.165, 1.54) is 24.3 Å². The Balaban J connectivity index is 1.96. The maximum atomic E-state index is 12.7. The first kappa shape index (κ1) is 13.0. The Morgan fingerprint density at radius 3 is 2.72 bits per heavy atom. The van der Waals surface area contributed by atoms with Crippen LogP contribution in [0.1, 0.15) is 23.7 Å². The summed E-state index contributed by atoms with van der Waals surface area (Å²) in [6, 6.07) is 5.17. The van der Waals surface area contributed by atoms with E-state index < -0.39 is 0 Å². The van der Waals surface area contributed by atoms with Gasteiger partial charge in [0.2, 0.25) is 0 Å². The molecule has 1 aliphatic carbocycles. The SMILES string of the molecule is CCOC1CC(N)C1NC(=O)c1ccc(F)cc1. The van der Waals surface area contributed by atoms with Crippen LogP contribution in [0, 0.1) is 5.82 Å². The number of nitrogens with two attached hydrogens (primary N) is 1. The minimum absolute atomic E-state index is 0.0191. The summed E-state index contributed by atoms with van der Waals surface area (Å²) in [5.74, 6) is -0.612. The molecule has 0 heterocycles. The summed E-state index contributed by atoms with van der Waals surface area (Å²) < 4.78 is 18.2. The van der Waals surface area contributed by atoms with E-state index in [0.29, 0.717) is 12.2 Å². The highest BCUT2D eigenvalue weighted by atomic mass is 19.1. The monoisotopic (exact) mass is 252 g/mol. The fourth-order valence-corrected chi connectivity index (χ4v) is 2.06. The number of amides is 1. The summed E-state index contributed by atoms with van der Waals surface area (Å²) >= 11 is 0. The van der Waals surface area contributed by atoms with Crippen molar-refractivity contribution in [3.05, 3.63) is 35.6 Å². The fourth-order valence-electron chi connectivity index (χ4n) is 2.06. The van der Waals surface area contributed by atoms with Gasteiger partial charge < -0.3 is 15.8 Å². The molecule has 1 saturated carbocycles. The normalized spacial score (nSPS) is 26.5. The second-order valence-corrected chi connectivity index (χ2v) is 4.40. The van der Waals surface area contributed by atoms with E-state index in [0.717, 1.165) is 6.42 Å². The summed E-state index contributed by atoms with van der Waals surface area (Å²) in [4.78, 5) is 11.9. The van der Waals surface area contributed by atoms with Gasteiger partial charge in [-0.25, -0.2) is 4.39 Å². The molecule has 3 N–H and O–H groups in total. The van der Waals surface area contributed by atoms with Gasteiger partial charge in [0.05, 0.1) is 12.1 Å². The lowest BCUT2D eigenvalue weighted by Crippen LogP contribution is -2.64. The maximum absolute atomic E-state index is 12.7. The predicted octanol–water partition coefficient (Wildman–Crippen LogP) is 1.06. The number of rotatable bonds is 4. The van der Waals surface area contributed by atoms with Crippen LogP contribution in [-0.2, 0) is 4.74 Å². The van der Waals surface area contributed by atoms with Crippen molar-refractivity contribution in [3.63, 3.8) is 0 Å². The van der Waals surface area contributed by atoms with Crippen LogP contribution in [0.15, 0.2) is 24.3 Å². The number of benzene rings is 1. The number of nitrogens with one attached hydrogen (secondary N) is 1.